The molecule has 1 atom stereocenters. The Morgan fingerprint density at radius 3 is 2.94 bits per heavy atom. The number of carbonyl (C=O) groups is 2. The van der Waals surface area contributed by atoms with Gasteiger partial charge in [-0.3, -0.25) is 9.36 Å². The summed E-state index contributed by atoms with van der Waals surface area (Å²) in [7, 11) is 0. The maximum atomic E-state index is 11.8. The Labute approximate surface area is 107 Å². The Bertz CT molecular complexity index is 522. The van der Waals surface area contributed by atoms with E-state index in [4.69, 9.17) is 5.11 Å². The van der Waals surface area contributed by atoms with E-state index < -0.39 is 18.0 Å². The molecular formula is C11H11N3O3S. The Kier molecular flexibility index (Phi) is 3.73. The highest BCUT2D eigenvalue weighted by Crippen LogP contribution is 2.22. The van der Waals surface area contributed by atoms with E-state index in [2.05, 4.69) is 10.3 Å². The molecule has 18 heavy (non-hydrogen) atoms. The molecule has 1 unspecified atom stereocenters. The van der Waals surface area contributed by atoms with E-state index in [-0.39, 0.29) is 6.42 Å². The predicted molar refractivity (Wildman–Crippen MR) is 65.5 cm³/mol. The number of rotatable bonds is 4. The lowest BCUT2D eigenvalue weighted by molar-refractivity contribution is -0.137. The lowest BCUT2D eigenvalue weighted by Gasteiger charge is -2.15. The number of carbonyl (C=O) groups excluding carboxylic acids is 1. The molecule has 0 aliphatic carbocycles. The van der Waals surface area contributed by atoms with Gasteiger partial charge in [-0.25, -0.2) is 9.78 Å². The van der Waals surface area contributed by atoms with Crippen molar-refractivity contribution in [2.75, 3.05) is 0 Å². The van der Waals surface area contributed by atoms with Crippen molar-refractivity contribution in [3.05, 3.63) is 41.1 Å². The van der Waals surface area contributed by atoms with Crippen molar-refractivity contribution >= 4 is 23.3 Å². The van der Waals surface area contributed by atoms with E-state index in [1.54, 1.807) is 6.07 Å². The van der Waals surface area contributed by atoms with Crippen molar-refractivity contribution in [1.29, 1.82) is 0 Å². The van der Waals surface area contributed by atoms with Gasteiger partial charge in [-0.1, -0.05) is 6.07 Å². The number of carboxylic acids is 1. The largest absolute Gasteiger partial charge is 0.481 e. The quantitative estimate of drug-likeness (QED) is 0.881. The van der Waals surface area contributed by atoms with E-state index in [0.717, 1.165) is 4.88 Å². The molecule has 0 saturated heterocycles. The summed E-state index contributed by atoms with van der Waals surface area (Å²) in [5, 5.41) is 13.4. The SMILES string of the molecule is O=C(O)CC(NC(=O)n1ccnc1)c1cccs1. The number of nitrogens with zero attached hydrogens (tertiary/aromatic N) is 2. The second kappa shape index (κ2) is 5.46. The third-order valence-electron chi connectivity index (χ3n) is 2.30. The second-order valence-electron chi connectivity index (χ2n) is 3.59. The van der Waals surface area contributed by atoms with Crippen LogP contribution in [0.3, 0.4) is 0 Å². The summed E-state index contributed by atoms with van der Waals surface area (Å²) < 4.78 is 1.27. The van der Waals surface area contributed by atoms with E-state index in [1.807, 2.05) is 11.4 Å². The number of hydrogen-bond donors (Lipinski definition) is 2. The van der Waals surface area contributed by atoms with Crippen LogP contribution in [0.4, 0.5) is 4.79 Å². The normalized spacial score (nSPS) is 12.0. The number of hydrogen-bond acceptors (Lipinski definition) is 4. The fraction of sp³-hybridized carbons (Fsp3) is 0.182. The van der Waals surface area contributed by atoms with Crippen LogP contribution in [0.5, 0.6) is 0 Å². The van der Waals surface area contributed by atoms with Crippen LogP contribution >= 0.6 is 11.3 Å². The Morgan fingerprint density at radius 1 is 1.56 bits per heavy atom. The minimum atomic E-state index is -0.959. The molecular weight excluding hydrogens is 254 g/mol. The fourth-order valence-corrected chi connectivity index (χ4v) is 2.27. The monoisotopic (exact) mass is 265 g/mol. The van der Waals surface area contributed by atoms with Crippen molar-refractivity contribution in [1.82, 2.24) is 14.9 Å². The highest BCUT2D eigenvalue weighted by atomic mass is 32.1. The van der Waals surface area contributed by atoms with Crippen LogP contribution in [0.25, 0.3) is 0 Å². The van der Waals surface area contributed by atoms with E-state index >= 15 is 0 Å². The van der Waals surface area contributed by atoms with Crippen LogP contribution in [0, 0.1) is 0 Å². The second-order valence-corrected chi connectivity index (χ2v) is 4.56. The first-order valence-corrected chi connectivity index (χ1v) is 6.09. The summed E-state index contributed by atoms with van der Waals surface area (Å²) in [5.74, 6) is -0.959. The molecule has 0 aliphatic rings. The maximum Gasteiger partial charge on any atom is 0.327 e. The number of amides is 1. The number of nitrogens with one attached hydrogen (secondary N) is 1. The van der Waals surface area contributed by atoms with Crippen LogP contribution in [0.15, 0.2) is 36.2 Å². The molecule has 1 amide bonds. The van der Waals surface area contributed by atoms with Gasteiger partial charge in [0.2, 0.25) is 0 Å². The number of thiophene rings is 1. The van der Waals surface area contributed by atoms with Gasteiger partial charge in [0.15, 0.2) is 0 Å². The van der Waals surface area contributed by atoms with Gasteiger partial charge in [0.1, 0.15) is 6.33 Å². The third kappa shape index (κ3) is 2.95. The number of aliphatic carboxylic acids is 1. The van der Waals surface area contributed by atoms with Gasteiger partial charge in [0.25, 0.3) is 0 Å². The molecule has 2 aromatic heterocycles. The van der Waals surface area contributed by atoms with E-state index in [0.29, 0.717) is 0 Å². The number of imidazole rings is 1. The van der Waals surface area contributed by atoms with E-state index in [1.165, 1.54) is 34.6 Å². The third-order valence-corrected chi connectivity index (χ3v) is 3.29. The number of aromatic nitrogens is 2. The predicted octanol–water partition coefficient (Wildman–Crippen LogP) is 1.72. The first-order chi connectivity index (χ1) is 8.66. The van der Waals surface area contributed by atoms with Gasteiger partial charge in [0.05, 0.1) is 12.5 Å². The van der Waals surface area contributed by atoms with Gasteiger partial charge < -0.3 is 10.4 Å². The topological polar surface area (TPSA) is 84.2 Å². The molecule has 94 valence electrons. The highest BCUT2D eigenvalue weighted by molar-refractivity contribution is 7.10. The Balaban J connectivity index is 2.11. The minimum Gasteiger partial charge on any atom is -0.481 e. The lowest BCUT2D eigenvalue weighted by Crippen LogP contribution is -2.32. The Morgan fingerprint density at radius 2 is 2.39 bits per heavy atom. The standard InChI is InChI=1S/C11H11N3O3S/c15-10(16)6-8(9-2-1-5-18-9)13-11(17)14-4-3-12-7-14/h1-5,7-8H,6H2,(H,13,17)(H,15,16). The summed E-state index contributed by atoms with van der Waals surface area (Å²) in [6.07, 6.45) is 4.20. The van der Waals surface area contributed by atoms with Gasteiger partial charge in [-0.05, 0) is 11.4 Å². The first-order valence-electron chi connectivity index (χ1n) is 5.21. The van der Waals surface area contributed by atoms with Crippen molar-refractivity contribution in [2.24, 2.45) is 0 Å². The lowest BCUT2D eigenvalue weighted by atomic mass is 10.2. The average Bonchev–Trinajstić information content (AvgIpc) is 3.01. The summed E-state index contributed by atoms with van der Waals surface area (Å²) in [5.41, 5.74) is 0. The van der Waals surface area contributed by atoms with Crippen LogP contribution in [-0.2, 0) is 4.79 Å². The fourth-order valence-electron chi connectivity index (χ4n) is 1.49. The molecule has 0 saturated carbocycles. The van der Waals surface area contributed by atoms with Crippen LogP contribution in [-0.4, -0.2) is 26.7 Å². The molecule has 2 N–H and O–H groups in total. The van der Waals surface area contributed by atoms with Gasteiger partial charge >= 0.3 is 12.0 Å². The maximum absolute atomic E-state index is 11.8. The zero-order valence-electron chi connectivity index (χ0n) is 9.31. The molecule has 0 bridgehead atoms. The molecule has 2 heterocycles. The first kappa shape index (κ1) is 12.3. The molecule has 0 fully saturated rings. The Hall–Kier alpha value is -2.15. The van der Waals surface area contributed by atoms with E-state index in [9.17, 15) is 9.59 Å². The molecule has 0 spiro atoms. The molecule has 0 radical (unpaired) electrons. The molecule has 2 rings (SSSR count). The summed E-state index contributed by atoms with van der Waals surface area (Å²) >= 11 is 1.41. The van der Waals surface area contributed by atoms with Crippen LogP contribution in [0.2, 0.25) is 0 Å². The van der Waals surface area contributed by atoms with Gasteiger partial charge in [0, 0.05) is 17.3 Å². The van der Waals surface area contributed by atoms with Crippen molar-refractivity contribution in [2.45, 2.75) is 12.5 Å². The molecule has 2 aromatic rings. The molecule has 0 aliphatic heterocycles. The summed E-state index contributed by atoms with van der Waals surface area (Å²) in [4.78, 5) is 27.2. The average molecular weight is 265 g/mol. The number of carboxylic acid groups (broad SMARTS) is 1. The minimum absolute atomic E-state index is 0.152. The smallest absolute Gasteiger partial charge is 0.327 e. The summed E-state index contributed by atoms with van der Waals surface area (Å²) in [6, 6.07) is 2.69. The highest BCUT2D eigenvalue weighted by Gasteiger charge is 2.19. The van der Waals surface area contributed by atoms with Gasteiger partial charge in [-0.15, -0.1) is 11.3 Å². The van der Waals surface area contributed by atoms with Crippen LogP contribution < -0.4 is 5.32 Å². The molecule has 0 aromatic carbocycles. The van der Waals surface area contributed by atoms with Crippen molar-refractivity contribution in [3.8, 4) is 0 Å². The molecule has 6 nitrogen and oxygen atoms in total. The van der Waals surface area contributed by atoms with Crippen LogP contribution in [0.1, 0.15) is 17.3 Å². The summed E-state index contributed by atoms with van der Waals surface area (Å²) in [6.45, 7) is 0. The molecule has 7 heteroatoms. The zero-order valence-corrected chi connectivity index (χ0v) is 10.1. The zero-order chi connectivity index (χ0) is 13.0. The van der Waals surface area contributed by atoms with Gasteiger partial charge in [-0.2, -0.15) is 0 Å². The van der Waals surface area contributed by atoms with Crippen molar-refractivity contribution in [3.63, 3.8) is 0 Å². The van der Waals surface area contributed by atoms with Crippen molar-refractivity contribution < 1.29 is 14.7 Å².